The predicted octanol–water partition coefficient (Wildman–Crippen LogP) is 2.50. The van der Waals surface area contributed by atoms with Crippen LogP contribution in [0, 0.1) is 11.7 Å². The van der Waals surface area contributed by atoms with E-state index in [4.69, 9.17) is 10.5 Å². The van der Waals surface area contributed by atoms with E-state index in [0.717, 1.165) is 24.2 Å². The van der Waals surface area contributed by atoms with Crippen LogP contribution in [0.1, 0.15) is 25.8 Å². The Morgan fingerprint density at radius 1 is 1.50 bits per heavy atom. The Bertz CT molecular complexity index is 390. The highest BCUT2D eigenvalue weighted by atomic mass is 19.1. The standard InChI is InChI=1S/C13H18FNO/c1-13(2)10(5-6-15)7-9-8-11(14)3-4-12(9)16-13/h3-4,8,10H,5-7,15H2,1-2H3. The van der Waals surface area contributed by atoms with Crippen molar-refractivity contribution in [3.8, 4) is 5.75 Å². The normalized spacial score (nSPS) is 22.4. The van der Waals surface area contributed by atoms with Gasteiger partial charge in [-0.15, -0.1) is 0 Å². The van der Waals surface area contributed by atoms with Crippen molar-refractivity contribution in [3.05, 3.63) is 29.6 Å². The maximum Gasteiger partial charge on any atom is 0.123 e. The summed E-state index contributed by atoms with van der Waals surface area (Å²) >= 11 is 0. The van der Waals surface area contributed by atoms with Gasteiger partial charge in [0.05, 0.1) is 0 Å². The van der Waals surface area contributed by atoms with Gasteiger partial charge in [-0.1, -0.05) is 0 Å². The minimum Gasteiger partial charge on any atom is -0.487 e. The molecule has 0 spiro atoms. The largest absolute Gasteiger partial charge is 0.487 e. The molecule has 1 aromatic carbocycles. The van der Waals surface area contributed by atoms with Gasteiger partial charge in [0.1, 0.15) is 17.2 Å². The first-order valence-electron chi connectivity index (χ1n) is 5.70. The molecule has 1 aromatic rings. The van der Waals surface area contributed by atoms with Crippen LogP contribution in [0.25, 0.3) is 0 Å². The number of benzene rings is 1. The molecule has 1 atom stereocenters. The molecule has 0 fully saturated rings. The third kappa shape index (κ3) is 2.05. The summed E-state index contributed by atoms with van der Waals surface area (Å²) in [5, 5.41) is 0. The van der Waals surface area contributed by atoms with Gasteiger partial charge in [-0.05, 0) is 57.0 Å². The molecule has 2 nitrogen and oxygen atoms in total. The van der Waals surface area contributed by atoms with Crippen LogP contribution in [-0.4, -0.2) is 12.1 Å². The summed E-state index contributed by atoms with van der Waals surface area (Å²) in [7, 11) is 0. The van der Waals surface area contributed by atoms with E-state index in [9.17, 15) is 4.39 Å². The van der Waals surface area contributed by atoms with Gasteiger partial charge < -0.3 is 10.5 Å². The summed E-state index contributed by atoms with van der Waals surface area (Å²) in [6.45, 7) is 4.78. The van der Waals surface area contributed by atoms with Gasteiger partial charge >= 0.3 is 0 Å². The van der Waals surface area contributed by atoms with Crippen molar-refractivity contribution in [3.63, 3.8) is 0 Å². The molecule has 88 valence electrons. The van der Waals surface area contributed by atoms with Crippen molar-refractivity contribution in [1.82, 2.24) is 0 Å². The molecule has 0 bridgehead atoms. The number of rotatable bonds is 2. The van der Waals surface area contributed by atoms with Crippen LogP contribution in [0.2, 0.25) is 0 Å². The third-order valence-electron chi connectivity index (χ3n) is 3.36. The molecule has 1 aliphatic rings. The maximum atomic E-state index is 13.1. The Kier molecular flexibility index (Phi) is 2.89. The number of nitrogens with two attached hydrogens (primary N) is 1. The minimum atomic E-state index is -0.218. The molecule has 0 aliphatic carbocycles. The molecular formula is C13H18FNO. The average molecular weight is 223 g/mol. The first kappa shape index (κ1) is 11.4. The van der Waals surface area contributed by atoms with Crippen LogP contribution in [-0.2, 0) is 6.42 Å². The molecule has 1 heterocycles. The zero-order valence-electron chi connectivity index (χ0n) is 9.79. The summed E-state index contributed by atoms with van der Waals surface area (Å²) in [5.41, 5.74) is 6.34. The quantitative estimate of drug-likeness (QED) is 0.836. The summed E-state index contributed by atoms with van der Waals surface area (Å²) < 4.78 is 19.0. The molecule has 0 aromatic heterocycles. The lowest BCUT2D eigenvalue weighted by Crippen LogP contribution is -2.43. The molecular weight excluding hydrogens is 205 g/mol. The van der Waals surface area contributed by atoms with Gasteiger partial charge in [0.25, 0.3) is 0 Å². The summed E-state index contributed by atoms with van der Waals surface area (Å²) in [5.74, 6) is 0.958. The highest BCUT2D eigenvalue weighted by Crippen LogP contribution is 2.38. The van der Waals surface area contributed by atoms with E-state index in [0.29, 0.717) is 12.5 Å². The highest BCUT2D eigenvalue weighted by molar-refractivity contribution is 5.37. The fourth-order valence-corrected chi connectivity index (χ4v) is 2.34. The van der Waals surface area contributed by atoms with Crippen LogP contribution >= 0.6 is 0 Å². The van der Waals surface area contributed by atoms with Crippen molar-refractivity contribution >= 4 is 0 Å². The van der Waals surface area contributed by atoms with Gasteiger partial charge in [0.2, 0.25) is 0 Å². The third-order valence-corrected chi connectivity index (χ3v) is 3.36. The van der Waals surface area contributed by atoms with E-state index in [1.165, 1.54) is 6.07 Å². The second kappa shape index (κ2) is 4.06. The average Bonchev–Trinajstić information content (AvgIpc) is 2.20. The van der Waals surface area contributed by atoms with E-state index in [1.807, 2.05) is 0 Å². The van der Waals surface area contributed by atoms with Crippen LogP contribution in [0.5, 0.6) is 5.75 Å². The van der Waals surface area contributed by atoms with Crippen LogP contribution in [0.4, 0.5) is 4.39 Å². The summed E-state index contributed by atoms with van der Waals surface area (Å²) in [6.07, 6.45) is 1.75. The van der Waals surface area contributed by atoms with Crippen molar-refractivity contribution < 1.29 is 9.13 Å². The van der Waals surface area contributed by atoms with Gasteiger partial charge in [0.15, 0.2) is 0 Å². The first-order valence-corrected chi connectivity index (χ1v) is 5.70. The Morgan fingerprint density at radius 2 is 2.25 bits per heavy atom. The molecule has 16 heavy (non-hydrogen) atoms. The van der Waals surface area contributed by atoms with Crippen molar-refractivity contribution in [2.24, 2.45) is 11.7 Å². The Labute approximate surface area is 95.6 Å². The monoisotopic (exact) mass is 223 g/mol. The number of hydrogen-bond acceptors (Lipinski definition) is 2. The molecule has 0 radical (unpaired) electrons. The number of ether oxygens (including phenoxy) is 1. The molecule has 1 aliphatic heterocycles. The number of fused-ring (bicyclic) bond motifs is 1. The zero-order chi connectivity index (χ0) is 11.8. The van der Waals surface area contributed by atoms with Crippen LogP contribution in [0.3, 0.4) is 0 Å². The number of hydrogen-bond donors (Lipinski definition) is 1. The van der Waals surface area contributed by atoms with Crippen LogP contribution < -0.4 is 10.5 Å². The van der Waals surface area contributed by atoms with E-state index >= 15 is 0 Å². The maximum absolute atomic E-state index is 13.1. The van der Waals surface area contributed by atoms with E-state index < -0.39 is 0 Å². The van der Waals surface area contributed by atoms with E-state index in [1.54, 1.807) is 12.1 Å². The Balaban J connectivity index is 2.31. The summed E-state index contributed by atoms with van der Waals surface area (Å²) in [6, 6.07) is 4.72. The highest BCUT2D eigenvalue weighted by Gasteiger charge is 2.36. The molecule has 2 N–H and O–H groups in total. The van der Waals surface area contributed by atoms with Crippen molar-refractivity contribution in [2.75, 3.05) is 6.54 Å². The van der Waals surface area contributed by atoms with Gasteiger partial charge in [-0.25, -0.2) is 4.39 Å². The SMILES string of the molecule is CC1(C)Oc2ccc(F)cc2CC1CCN. The molecule has 3 heteroatoms. The topological polar surface area (TPSA) is 35.2 Å². The lowest BCUT2D eigenvalue weighted by Gasteiger charge is -2.40. The minimum absolute atomic E-state index is 0.200. The Morgan fingerprint density at radius 3 is 2.94 bits per heavy atom. The lowest BCUT2D eigenvalue weighted by atomic mass is 9.80. The van der Waals surface area contributed by atoms with E-state index in [2.05, 4.69) is 13.8 Å². The fraction of sp³-hybridized carbons (Fsp3) is 0.538. The van der Waals surface area contributed by atoms with Crippen molar-refractivity contribution in [1.29, 1.82) is 0 Å². The smallest absolute Gasteiger partial charge is 0.123 e. The van der Waals surface area contributed by atoms with Gasteiger partial charge in [-0.2, -0.15) is 0 Å². The number of halogens is 1. The van der Waals surface area contributed by atoms with Crippen molar-refractivity contribution in [2.45, 2.75) is 32.3 Å². The molecule has 0 saturated carbocycles. The fourth-order valence-electron chi connectivity index (χ4n) is 2.34. The van der Waals surface area contributed by atoms with E-state index in [-0.39, 0.29) is 11.4 Å². The first-order chi connectivity index (χ1) is 7.53. The lowest BCUT2D eigenvalue weighted by molar-refractivity contribution is 0.0237. The van der Waals surface area contributed by atoms with Gasteiger partial charge in [0, 0.05) is 5.92 Å². The Hall–Kier alpha value is -1.09. The van der Waals surface area contributed by atoms with Gasteiger partial charge in [-0.3, -0.25) is 0 Å². The molecule has 0 saturated heterocycles. The molecule has 2 rings (SSSR count). The second-order valence-corrected chi connectivity index (χ2v) is 4.94. The summed E-state index contributed by atoms with van der Waals surface area (Å²) in [4.78, 5) is 0. The van der Waals surface area contributed by atoms with Crippen LogP contribution in [0.15, 0.2) is 18.2 Å². The molecule has 1 unspecified atom stereocenters. The zero-order valence-corrected chi connectivity index (χ0v) is 9.79. The second-order valence-electron chi connectivity index (χ2n) is 4.94. The molecule has 0 amide bonds. The predicted molar refractivity (Wildman–Crippen MR) is 62.0 cm³/mol.